The lowest BCUT2D eigenvalue weighted by Crippen LogP contribution is -2.21. The molecule has 0 aliphatic rings. The molecule has 0 aliphatic carbocycles. The highest BCUT2D eigenvalue weighted by atomic mass is 14.9. The summed E-state index contributed by atoms with van der Waals surface area (Å²) in [6, 6.07) is 8.72. The Balaban J connectivity index is 2.60. The summed E-state index contributed by atoms with van der Waals surface area (Å²) < 4.78 is 2.16. The normalized spacial score (nSPS) is 12.2. The zero-order valence-electron chi connectivity index (χ0n) is 10.3. The van der Waals surface area contributed by atoms with Gasteiger partial charge in [0.15, 0.2) is 0 Å². The largest absolute Gasteiger partial charge is 0.351 e. The van der Waals surface area contributed by atoms with E-state index in [0.29, 0.717) is 0 Å². The third kappa shape index (κ3) is 1.74. The van der Waals surface area contributed by atoms with Crippen LogP contribution in [0.2, 0.25) is 0 Å². The zero-order chi connectivity index (χ0) is 11.8. The third-order valence-corrected chi connectivity index (χ3v) is 3.43. The molecule has 2 heteroatoms. The topological polar surface area (TPSA) is 30.9 Å². The fourth-order valence-corrected chi connectivity index (χ4v) is 2.39. The van der Waals surface area contributed by atoms with Crippen molar-refractivity contribution in [1.29, 1.82) is 0 Å². The molecular formula is C14H20N2. The number of aryl methyl sites for hydroxylation is 1. The molecule has 0 saturated heterocycles. The van der Waals surface area contributed by atoms with Crippen LogP contribution in [0.1, 0.15) is 25.8 Å². The highest BCUT2D eigenvalue weighted by Crippen LogP contribution is 2.32. The van der Waals surface area contributed by atoms with E-state index < -0.39 is 0 Å². The Morgan fingerprint density at radius 3 is 2.69 bits per heavy atom. The van der Waals surface area contributed by atoms with E-state index in [1.54, 1.807) is 0 Å². The first-order valence-electron chi connectivity index (χ1n) is 5.81. The summed E-state index contributed by atoms with van der Waals surface area (Å²) in [6.07, 6.45) is 3.13. The minimum Gasteiger partial charge on any atom is -0.351 e. The number of nitrogens with two attached hydrogens (primary N) is 1. The molecule has 16 heavy (non-hydrogen) atoms. The molecule has 0 unspecified atom stereocenters. The quantitative estimate of drug-likeness (QED) is 0.840. The Labute approximate surface area is 97.1 Å². The maximum absolute atomic E-state index is 5.70. The Hall–Kier alpha value is -1.28. The van der Waals surface area contributed by atoms with E-state index in [1.807, 2.05) is 0 Å². The van der Waals surface area contributed by atoms with Crippen LogP contribution < -0.4 is 5.73 Å². The smallest absolute Gasteiger partial charge is 0.0480 e. The van der Waals surface area contributed by atoms with Crippen LogP contribution in [0.3, 0.4) is 0 Å². The number of hydrogen-bond donors (Lipinski definition) is 1. The van der Waals surface area contributed by atoms with E-state index in [0.717, 1.165) is 13.0 Å². The molecule has 2 aromatic rings. The molecule has 0 spiro atoms. The Morgan fingerprint density at radius 2 is 2.00 bits per heavy atom. The number of benzene rings is 1. The van der Waals surface area contributed by atoms with E-state index in [2.05, 4.69) is 55.9 Å². The average molecular weight is 216 g/mol. The molecule has 0 aliphatic heterocycles. The Bertz CT molecular complexity index is 494. The maximum Gasteiger partial charge on any atom is 0.0480 e. The number of nitrogens with zero attached hydrogens (tertiary/aromatic N) is 1. The van der Waals surface area contributed by atoms with Crippen LogP contribution in [0.4, 0.5) is 0 Å². The first kappa shape index (κ1) is 11.2. The second-order valence-corrected chi connectivity index (χ2v) is 5.09. The number of hydrogen-bond acceptors (Lipinski definition) is 1. The number of aromatic nitrogens is 1. The molecule has 86 valence electrons. The molecule has 2 rings (SSSR count). The van der Waals surface area contributed by atoms with Crippen molar-refractivity contribution in [3.05, 3.63) is 36.0 Å². The Morgan fingerprint density at radius 1 is 1.25 bits per heavy atom. The van der Waals surface area contributed by atoms with Crippen molar-refractivity contribution in [2.45, 2.75) is 25.7 Å². The van der Waals surface area contributed by atoms with E-state index in [-0.39, 0.29) is 5.41 Å². The van der Waals surface area contributed by atoms with Crippen molar-refractivity contribution in [1.82, 2.24) is 4.57 Å². The molecule has 0 radical (unpaired) electrons. The van der Waals surface area contributed by atoms with Gasteiger partial charge in [-0.25, -0.2) is 0 Å². The highest BCUT2D eigenvalue weighted by Gasteiger charge is 2.22. The molecule has 0 atom stereocenters. The lowest BCUT2D eigenvalue weighted by molar-refractivity contribution is 0.492. The molecule has 1 heterocycles. The number of fused-ring (bicyclic) bond motifs is 1. The summed E-state index contributed by atoms with van der Waals surface area (Å²) in [6.45, 7) is 5.26. The van der Waals surface area contributed by atoms with E-state index in [4.69, 9.17) is 5.73 Å². The van der Waals surface area contributed by atoms with Crippen LogP contribution in [0.5, 0.6) is 0 Å². The molecule has 1 aromatic carbocycles. The van der Waals surface area contributed by atoms with E-state index in [9.17, 15) is 0 Å². The fourth-order valence-electron chi connectivity index (χ4n) is 2.39. The van der Waals surface area contributed by atoms with E-state index in [1.165, 1.54) is 16.5 Å². The summed E-state index contributed by atoms with van der Waals surface area (Å²) in [5.41, 5.74) is 8.54. The van der Waals surface area contributed by atoms with Gasteiger partial charge in [-0.15, -0.1) is 0 Å². The number of rotatable bonds is 3. The maximum atomic E-state index is 5.70. The third-order valence-electron chi connectivity index (χ3n) is 3.43. The van der Waals surface area contributed by atoms with Crippen LogP contribution in [0, 0.1) is 0 Å². The molecular weight excluding hydrogens is 196 g/mol. The average Bonchev–Trinajstić information content (AvgIpc) is 2.60. The summed E-state index contributed by atoms with van der Waals surface area (Å²) in [7, 11) is 2.09. The highest BCUT2D eigenvalue weighted by molar-refractivity contribution is 5.84. The van der Waals surface area contributed by atoms with Gasteiger partial charge >= 0.3 is 0 Å². The van der Waals surface area contributed by atoms with Gasteiger partial charge in [0.1, 0.15) is 0 Å². The van der Waals surface area contributed by atoms with Gasteiger partial charge in [-0.3, -0.25) is 0 Å². The predicted molar refractivity (Wildman–Crippen MR) is 69.6 cm³/mol. The van der Waals surface area contributed by atoms with Gasteiger partial charge in [-0.2, -0.15) is 0 Å². The van der Waals surface area contributed by atoms with Crippen LogP contribution >= 0.6 is 0 Å². The summed E-state index contributed by atoms with van der Waals surface area (Å²) in [4.78, 5) is 0. The molecule has 0 fully saturated rings. The lowest BCUT2D eigenvalue weighted by atomic mass is 9.80. The van der Waals surface area contributed by atoms with Gasteiger partial charge in [0.2, 0.25) is 0 Å². The molecule has 2 N–H and O–H groups in total. The second kappa shape index (κ2) is 3.95. The van der Waals surface area contributed by atoms with E-state index >= 15 is 0 Å². The molecule has 0 saturated carbocycles. The minimum absolute atomic E-state index is 0.148. The molecule has 0 bridgehead atoms. The van der Waals surface area contributed by atoms with Gasteiger partial charge in [-0.1, -0.05) is 26.0 Å². The van der Waals surface area contributed by atoms with Crippen molar-refractivity contribution >= 4 is 10.9 Å². The van der Waals surface area contributed by atoms with Crippen molar-refractivity contribution in [3.8, 4) is 0 Å². The summed E-state index contributed by atoms with van der Waals surface area (Å²) in [5.74, 6) is 0. The van der Waals surface area contributed by atoms with Crippen molar-refractivity contribution in [3.63, 3.8) is 0 Å². The van der Waals surface area contributed by atoms with Crippen molar-refractivity contribution in [2.75, 3.05) is 6.54 Å². The first-order valence-corrected chi connectivity index (χ1v) is 5.81. The lowest BCUT2D eigenvalue weighted by Gasteiger charge is -2.25. The van der Waals surface area contributed by atoms with Crippen molar-refractivity contribution < 1.29 is 0 Å². The van der Waals surface area contributed by atoms with Gasteiger partial charge < -0.3 is 10.3 Å². The molecule has 2 nitrogen and oxygen atoms in total. The summed E-state index contributed by atoms with van der Waals surface area (Å²) >= 11 is 0. The van der Waals surface area contributed by atoms with Gasteiger partial charge in [0, 0.05) is 24.1 Å². The fraction of sp³-hybridized carbons (Fsp3) is 0.429. The molecule has 1 aromatic heterocycles. The van der Waals surface area contributed by atoms with Crippen LogP contribution in [-0.2, 0) is 12.5 Å². The standard InChI is InChI=1S/C14H20N2/c1-14(2,8-9-15)12-5-4-6-13-11(12)7-10-16(13)3/h4-7,10H,8-9,15H2,1-3H3. The second-order valence-electron chi connectivity index (χ2n) is 5.09. The van der Waals surface area contributed by atoms with Gasteiger partial charge in [0.05, 0.1) is 0 Å². The van der Waals surface area contributed by atoms with Crippen LogP contribution in [-0.4, -0.2) is 11.1 Å². The Kier molecular flexibility index (Phi) is 2.76. The minimum atomic E-state index is 0.148. The summed E-state index contributed by atoms with van der Waals surface area (Å²) in [5, 5.41) is 1.35. The van der Waals surface area contributed by atoms with Gasteiger partial charge in [0.25, 0.3) is 0 Å². The van der Waals surface area contributed by atoms with Crippen molar-refractivity contribution in [2.24, 2.45) is 12.8 Å². The van der Waals surface area contributed by atoms with Crippen LogP contribution in [0.25, 0.3) is 10.9 Å². The monoisotopic (exact) mass is 216 g/mol. The predicted octanol–water partition coefficient (Wildman–Crippen LogP) is 2.80. The SMILES string of the molecule is Cn1ccc2c(C(C)(C)CCN)cccc21. The first-order chi connectivity index (χ1) is 7.56. The van der Waals surface area contributed by atoms with Crippen LogP contribution in [0.15, 0.2) is 30.5 Å². The molecule has 0 amide bonds. The van der Waals surface area contributed by atoms with Gasteiger partial charge in [-0.05, 0) is 36.1 Å². The zero-order valence-corrected chi connectivity index (χ0v) is 10.3.